The molecule has 1 fully saturated rings. The fourth-order valence-corrected chi connectivity index (χ4v) is 2.78. The number of benzene rings is 1. The largest absolute Gasteiger partial charge is 0.323 e. The van der Waals surface area contributed by atoms with E-state index in [1.165, 1.54) is 42.5 Å². The molecule has 0 aromatic heterocycles. The second-order valence-electron chi connectivity index (χ2n) is 5.98. The minimum absolute atomic E-state index is 0.134. The third-order valence-corrected chi connectivity index (χ3v) is 4.14. The Bertz CT molecular complexity index is 396. The van der Waals surface area contributed by atoms with E-state index in [1.807, 2.05) is 0 Å². The Kier molecular flexibility index (Phi) is 4.41. The van der Waals surface area contributed by atoms with E-state index in [1.54, 1.807) is 0 Å². The number of rotatable bonds is 5. The second kappa shape index (κ2) is 5.85. The summed E-state index contributed by atoms with van der Waals surface area (Å²) in [6, 6.07) is 6.70. The first-order valence-corrected chi connectivity index (χ1v) is 7.07. The molecule has 1 aromatic rings. The number of hydrogen-bond acceptors (Lipinski definition) is 2. The van der Waals surface area contributed by atoms with Crippen LogP contribution < -0.4 is 5.73 Å². The first kappa shape index (κ1) is 13.6. The lowest BCUT2D eigenvalue weighted by Crippen LogP contribution is -2.35. The Morgan fingerprint density at radius 3 is 2.67 bits per heavy atom. The predicted octanol–water partition coefficient (Wildman–Crippen LogP) is 3.04. The molecule has 2 rings (SSSR count). The van der Waals surface area contributed by atoms with E-state index in [0.717, 1.165) is 12.5 Å². The van der Waals surface area contributed by atoms with Crippen molar-refractivity contribution in [3.05, 3.63) is 34.9 Å². The van der Waals surface area contributed by atoms with Gasteiger partial charge in [-0.2, -0.15) is 0 Å². The second-order valence-corrected chi connectivity index (χ2v) is 5.98. The number of nitrogens with two attached hydrogens (primary N) is 1. The summed E-state index contributed by atoms with van der Waals surface area (Å²) < 4.78 is 0. The molecular formula is C16H26N2. The van der Waals surface area contributed by atoms with E-state index in [4.69, 9.17) is 5.73 Å². The highest BCUT2D eigenvalue weighted by atomic mass is 15.1. The highest BCUT2D eigenvalue weighted by molar-refractivity contribution is 5.32. The fraction of sp³-hybridized carbons (Fsp3) is 0.625. The van der Waals surface area contributed by atoms with Crippen molar-refractivity contribution < 1.29 is 0 Å². The number of nitrogens with zero attached hydrogens (tertiary/aromatic N) is 1. The van der Waals surface area contributed by atoms with Crippen LogP contribution in [0.15, 0.2) is 18.2 Å². The van der Waals surface area contributed by atoms with Crippen LogP contribution in [0.3, 0.4) is 0 Å². The summed E-state index contributed by atoms with van der Waals surface area (Å²) in [4.78, 5) is 2.40. The highest BCUT2D eigenvalue weighted by Crippen LogP contribution is 2.27. The molecule has 1 unspecified atom stereocenters. The Balaban J connectivity index is 1.93. The van der Waals surface area contributed by atoms with Crippen LogP contribution in [-0.4, -0.2) is 25.0 Å². The summed E-state index contributed by atoms with van der Waals surface area (Å²) in [5.74, 6) is 0.917. The molecule has 0 bridgehead atoms. The molecule has 100 valence electrons. The Labute approximate surface area is 111 Å². The summed E-state index contributed by atoms with van der Waals surface area (Å²) in [7, 11) is 2.20. The molecule has 1 saturated carbocycles. The van der Waals surface area contributed by atoms with E-state index < -0.39 is 0 Å². The molecule has 0 aliphatic heterocycles. The van der Waals surface area contributed by atoms with E-state index in [0.29, 0.717) is 0 Å². The predicted molar refractivity (Wildman–Crippen MR) is 77.7 cm³/mol. The maximum absolute atomic E-state index is 6.36. The molecule has 0 saturated heterocycles. The summed E-state index contributed by atoms with van der Waals surface area (Å²) in [5.41, 5.74) is 10.3. The van der Waals surface area contributed by atoms with Crippen molar-refractivity contribution in [1.29, 1.82) is 0 Å². The van der Waals surface area contributed by atoms with Crippen molar-refractivity contribution in [2.75, 3.05) is 20.1 Å². The van der Waals surface area contributed by atoms with Gasteiger partial charge in [-0.05, 0) is 50.8 Å². The lowest BCUT2D eigenvalue weighted by Gasteiger charge is -2.31. The van der Waals surface area contributed by atoms with Crippen LogP contribution in [0.5, 0.6) is 0 Å². The van der Waals surface area contributed by atoms with Crippen LogP contribution in [0.1, 0.15) is 42.0 Å². The molecule has 18 heavy (non-hydrogen) atoms. The van der Waals surface area contributed by atoms with Gasteiger partial charge < -0.3 is 10.6 Å². The molecule has 1 aliphatic rings. The SMILES string of the molecule is Cc1ccc(C)c(C(N)CN(C)CC2CCC2)c1. The van der Waals surface area contributed by atoms with Crippen molar-refractivity contribution in [2.24, 2.45) is 11.7 Å². The Morgan fingerprint density at radius 1 is 1.33 bits per heavy atom. The minimum atomic E-state index is 0.134. The van der Waals surface area contributed by atoms with Crippen LogP contribution in [0.2, 0.25) is 0 Å². The summed E-state index contributed by atoms with van der Waals surface area (Å²) in [6.07, 6.45) is 4.23. The van der Waals surface area contributed by atoms with Gasteiger partial charge in [-0.1, -0.05) is 30.2 Å². The zero-order valence-corrected chi connectivity index (χ0v) is 11.9. The van der Waals surface area contributed by atoms with Gasteiger partial charge in [-0.3, -0.25) is 0 Å². The average molecular weight is 246 g/mol. The van der Waals surface area contributed by atoms with Crippen molar-refractivity contribution >= 4 is 0 Å². The zero-order valence-electron chi connectivity index (χ0n) is 11.9. The third-order valence-electron chi connectivity index (χ3n) is 4.14. The van der Waals surface area contributed by atoms with E-state index in [9.17, 15) is 0 Å². The lowest BCUT2D eigenvalue weighted by atomic mass is 9.85. The topological polar surface area (TPSA) is 29.3 Å². The standard InChI is InChI=1S/C16H26N2/c1-12-7-8-13(2)15(9-12)16(17)11-18(3)10-14-5-4-6-14/h7-9,14,16H,4-6,10-11,17H2,1-3H3. The fourth-order valence-electron chi connectivity index (χ4n) is 2.78. The molecule has 1 atom stereocenters. The smallest absolute Gasteiger partial charge is 0.0426 e. The van der Waals surface area contributed by atoms with Crippen molar-refractivity contribution in [3.63, 3.8) is 0 Å². The van der Waals surface area contributed by atoms with E-state index in [-0.39, 0.29) is 6.04 Å². The summed E-state index contributed by atoms with van der Waals surface area (Å²) in [5, 5.41) is 0. The quantitative estimate of drug-likeness (QED) is 0.865. The maximum Gasteiger partial charge on any atom is 0.0426 e. The van der Waals surface area contributed by atoms with Gasteiger partial charge in [0.25, 0.3) is 0 Å². The molecule has 2 nitrogen and oxygen atoms in total. The molecule has 0 amide bonds. The van der Waals surface area contributed by atoms with Crippen LogP contribution in [0, 0.1) is 19.8 Å². The van der Waals surface area contributed by atoms with E-state index in [2.05, 4.69) is 44.0 Å². The van der Waals surface area contributed by atoms with Crippen molar-refractivity contribution in [2.45, 2.75) is 39.2 Å². The van der Waals surface area contributed by atoms with Crippen LogP contribution >= 0.6 is 0 Å². The summed E-state index contributed by atoms with van der Waals surface area (Å²) >= 11 is 0. The molecule has 0 heterocycles. The van der Waals surface area contributed by atoms with Crippen LogP contribution in [0.4, 0.5) is 0 Å². The molecule has 1 aliphatic carbocycles. The van der Waals surface area contributed by atoms with Gasteiger partial charge >= 0.3 is 0 Å². The normalized spacial score (nSPS) is 17.8. The van der Waals surface area contributed by atoms with E-state index >= 15 is 0 Å². The van der Waals surface area contributed by atoms with Gasteiger partial charge in [0.15, 0.2) is 0 Å². The van der Waals surface area contributed by atoms with Gasteiger partial charge in [0.05, 0.1) is 0 Å². The van der Waals surface area contributed by atoms with Gasteiger partial charge in [0.2, 0.25) is 0 Å². The molecule has 1 aromatic carbocycles. The average Bonchev–Trinajstić information content (AvgIpc) is 2.27. The minimum Gasteiger partial charge on any atom is -0.323 e. The maximum atomic E-state index is 6.36. The first-order valence-electron chi connectivity index (χ1n) is 7.07. The molecular weight excluding hydrogens is 220 g/mol. The third kappa shape index (κ3) is 3.33. The number of hydrogen-bond donors (Lipinski definition) is 1. The van der Waals surface area contributed by atoms with Crippen molar-refractivity contribution in [1.82, 2.24) is 4.90 Å². The summed E-state index contributed by atoms with van der Waals surface area (Å²) in [6.45, 7) is 6.45. The molecule has 2 N–H and O–H groups in total. The van der Waals surface area contributed by atoms with Gasteiger partial charge in [0.1, 0.15) is 0 Å². The molecule has 0 radical (unpaired) electrons. The van der Waals surface area contributed by atoms with Crippen LogP contribution in [0.25, 0.3) is 0 Å². The lowest BCUT2D eigenvalue weighted by molar-refractivity contribution is 0.198. The van der Waals surface area contributed by atoms with Gasteiger partial charge in [0, 0.05) is 19.1 Å². The van der Waals surface area contributed by atoms with Gasteiger partial charge in [-0.25, -0.2) is 0 Å². The van der Waals surface area contributed by atoms with Crippen LogP contribution in [-0.2, 0) is 0 Å². The van der Waals surface area contributed by atoms with Gasteiger partial charge in [-0.15, -0.1) is 0 Å². The monoisotopic (exact) mass is 246 g/mol. The molecule has 0 spiro atoms. The van der Waals surface area contributed by atoms with Crippen molar-refractivity contribution in [3.8, 4) is 0 Å². The zero-order chi connectivity index (χ0) is 13.1. The highest BCUT2D eigenvalue weighted by Gasteiger charge is 2.20. The number of likely N-dealkylation sites (N-methyl/N-ethyl adjacent to an activating group) is 1. The molecule has 2 heteroatoms. The first-order chi connectivity index (χ1) is 8.56. The Morgan fingerprint density at radius 2 is 2.06 bits per heavy atom. The number of aryl methyl sites for hydroxylation is 2. The Hall–Kier alpha value is -0.860.